The minimum Gasteiger partial charge on any atom is -0.396 e. The maximum absolute atomic E-state index is 13.1. The minimum atomic E-state index is -0.578. The zero-order valence-corrected chi connectivity index (χ0v) is 19.8. The number of hydrogen-bond acceptors (Lipinski definition) is 3. The van der Waals surface area contributed by atoms with Gasteiger partial charge >= 0.3 is 0 Å². The normalized spacial score (nSPS) is 20.6. The van der Waals surface area contributed by atoms with Crippen LogP contribution in [-0.2, 0) is 4.79 Å². The molecule has 0 spiro atoms. The van der Waals surface area contributed by atoms with Crippen molar-refractivity contribution in [2.45, 2.75) is 64.1 Å². The molecule has 1 fully saturated rings. The fourth-order valence-corrected chi connectivity index (χ4v) is 4.45. The fourth-order valence-electron chi connectivity index (χ4n) is 4.18. The molecular weight excluding hydrogens is 433 g/mol. The topological polar surface area (TPSA) is 60.8 Å². The summed E-state index contributed by atoms with van der Waals surface area (Å²) in [4.78, 5) is 15.0. The Kier molecular flexibility index (Phi) is 10.8. The lowest BCUT2D eigenvalue weighted by Crippen LogP contribution is -2.52. The minimum absolute atomic E-state index is 0.0281. The molecule has 0 bridgehead atoms. The van der Waals surface area contributed by atoms with E-state index in [-0.39, 0.29) is 30.5 Å². The lowest BCUT2D eigenvalue weighted by atomic mass is 9.84. The van der Waals surface area contributed by atoms with E-state index in [0.29, 0.717) is 24.3 Å². The Labute approximate surface area is 195 Å². The fraction of sp³-hybridized carbons (Fsp3) is 0.480. The number of amides is 1. The van der Waals surface area contributed by atoms with Gasteiger partial charge in [-0.05, 0) is 68.9 Å². The Balaban J connectivity index is 0.000000412. The average Bonchev–Trinajstić information content (AvgIpc) is 2.76. The third-order valence-electron chi connectivity index (χ3n) is 5.76. The third kappa shape index (κ3) is 7.50. The first-order valence-corrected chi connectivity index (χ1v) is 11.7. The summed E-state index contributed by atoms with van der Waals surface area (Å²) in [7, 11) is 0. The van der Waals surface area contributed by atoms with Crippen molar-refractivity contribution in [1.29, 1.82) is 0 Å². The summed E-state index contributed by atoms with van der Waals surface area (Å²) in [5.41, 5.74) is 1.06. The maximum Gasteiger partial charge on any atom is 0.226 e. The van der Waals surface area contributed by atoms with Gasteiger partial charge in [-0.15, -0.1) is 0 Å². The van der Waals surface area contributed by atoms with Crippen LogP contribution < -0.4 is 0 Å². The van der Waals surface area contributed by atoms with Crippen LogP contribution in [0.3, 0.4) is 0 Å². The molecule has 0 aromatic heterocycles. The van der Waals surface area contributed by atoms with Crippen molar-refractivity contribution in [1.82, 2.24) is 4.90 Å². The van der Waals surface area contributed by atoms with Crippen LogP contribution in [0.4, 0.5) is 0 Å². The van der Waals surface area contributed by atoms with Crippen molar-refractivity contribution in [3.8, 4) is 0 Å². The van der Waals surface area contributed by atoms with Gasteiger partial charge in [-0.1, -0.05) is 60.5 Å². The summed E-state index contributed by atoms with van der Waals surface area (Å²) >= 11 is 11.5. The Morgan fingerprint density at radius 2 is 1.65 bits per heavy atom. The molecule has 170 valence electrons. The predicted octanol–water partition coefficient (Wildman–Crippen LogP) is 5.89. The van der Waals surface area contributed by atoms with Crippen LogP contribution in [0.1, 0.15) is 57.6 Å². The molecule has 0 saturated carbocycles. The lowest BCUT2D eigenvalue weighted by Gasteiger charge is -2.45. The number of piperidine rings is 1. The summed E-state index contributed by atoms with van der Waals surface area (Å²) in [6, 6.07) is 16.8. The van der Waals surface area contributed by atoms with E-state index in [1.807, 2.05) is 66.4 Å². The second-order valence-corrected chi connectivity index (χ2v) is 8.84. The molecule has 1 aliphatic heterocycles. The van der Waals surface area contributed by atoms with Gasteiger partial charge in [0, 0.05) is 22.6 Å². The number of rotatable bonds is 7. The highest BCUT2D eigenvalue weighted by atomic mass is 35.5. The van der Waals surface area contributed by atoms with Crippen LogP contribution in [0, 0.1) is 5.92 Å². The molecule has 1 aliphatic rings. The molecule has 4 atom stereocenters. The Bertz CT molecular complexity index is 783. The van der Waals surface area contributed by atoms with Crippen LogP contribution >= 0.6 is 23.2 Å². The molecule has 2 N–H and O–H groups in total. The largest absolute Gasteiger partial charge is 0.396 e. The van der Waals surface area contributed by atoms with Gasteiger partial charge in [0.2, 0.25) is 5.91 Å². The summed E-state index contributed by atoms with van der Waals surface area (Å²) in [6.07, 6.45) is 3.16. The predicted molar refractivity (Wildman–Crippen MR) is 127 cm³/mol. The third-order valence-corrected chi connectivity index (χ3v) is 6.26. The average molecular weight is 466 g/mol. The molecule has 31 heavy (non-hydrogen) atoms. The van der Waals surface area contributed by atoms with Gasteiger partial charge in [-0.2, -0.15) is 0 Å². The van der Waals surface area contributed by atoms with E-state index < -0.39 is 6.10 Å². The van der Waals surface area contributed by atoms with Gasteiger partial charge in [-0.25, -0.2) is 0 Å². The van der Waals surface area contributed by atoms with Gasteiger partial charge < -0.3 is 15.1 Å². The van der Waals surface area contributed by atoms with Crippen molar-refractivity contribution in [3.05, 3.63) is 70.2 Å². The molecule has 2 aromatic rings. The number of aliphatic hydroxyl groups is 2. The summed E-state index contributed by atoms with van der Waals surface area (Å²) in [6.45, 7) is 3.86. The van der Waals surface area contributed by atoms with E-state index in [1.54, 1.807) is 6.92 Å². The van der Waals surface area contributed by atoms with E-state index >= 15 is 0 Å². The number of carbonyl (C=O) groups is 1. The van der Waals surface area contributed by atoms with Crippen LogP contribution in [-0.4, -0.2) is 39.8 Å². The quantitative estimate of drug-likeness (QED) is 0.535. The number of carbonyl (C=O) groups excluding carboxylic acids is 1. The van der Waals surface area contributed by atoms with E-state index in [1.165, 1.54) is 0 Å². The Morgan fingerprint density at radius 1 is 1.03 bits per heavy atom. The Morgan fingerprint density at radius 3 is 2.13 bits per heavy atom. The zero-order valence-electron chi connectivity index (χ0n) is 18.3. The molecule has 0 aliphatic carbocycles. The van der Waals surface area contributed by atoms with Gasteiger partial charge in [-0.3, -0.25) is 4.79 Å². The zero-order chi connectivity index (χ0) is 22.8. The lowest BCUT2D eigenvalue weighted by molar-refractivity contribution is -0.149. The summed E-state index contributed by atoms with van der Waals surface area (Å²) in [5.74, 6) is 0.0379. The van der Waals surface area contributed by atoms with E-state index in [2.05, 4.69) is 0 Å². The molecule has 1 saturated heterocycles. The first-order chi connectivity index (χ1) is 14.9. The van der Waals surface area contributed by atoms with Gasteiger partial charge in [0.25, 0.3) is 0 Å². The number of benzene rings is 2. The standard InChI is InChI=1S/C19H28ClNO3.C6H5Cl/c1-3-17(13(2)23)21-18(14-6-9-16(20)10-7-14)11-8-15(19(21)24)5-4-12-22;7-6-4-2-1-3-5-6/h6-7,9-10,13,15,17-18,22-23H,3-5,8,11-12H2,1-2H3;1-5H. The highest BCUT2D eigenvalue weighted by Crippen LogP contribution is 2.38. The van der Waals surface area contributed by atoms with Crippen molar-refractivity contribution < 1.29 is 15.0 Å². The molecule has 1 heterocycles. The monoisotopic (exact) mass is 465 g/mol. The highest BCUT2D eigenvalue weighted by Gasteiger charge is 2.40. The van der Waals surface area contributed by atoms with E-state index in [4.69, 9.17) is 28.3 Å². The van der Waals surface area contributed by atoms with Gasteiger partial charge in [0.05, 0.1) is 18.2 Å². The molecule has 3 rings (SSSR count). The van der Waals surface area contributed by atoms with Crippen molar-refractivity contribution in [2.75, 3.05) is 6.61 Å². The van der Waals surface area contributed by atoms with Crippen LogP contribution in [0.15, 0.2) is 54.6 Å². The molecule has 1 amide bonds. The van der Waals surface area contributed by atoms with Crippen molar-refractivity contribution in [2.24, 2.45) is 5.92 Å². The van der Waals surface area contributed by atoms with Gasteiger partial charge in [0.1, 0.15) is 0 Å². The second kappa shape index (κ2) is 13.1. The Hall–Kier alpha value is -1.59. The van der Waals surface area contributed by atoms with Crippen LogP contribution in [0.25, 0.3) is 0 Å². The molecule has 4 nitrogen and oxygen atoms in total. The van der Waals surface area contributed by atoms with E-state index in [0.717, 1.165) is 23.4 Å². The molecule has 6 heteroatoms. The molecule has 0 radical (unpaired) electrons. The molecule has 2 aromatic carbocycles. The summed E-state index contributed by atoms with van der Waals surface area (Å²) in [5, 5.41) is 20.7. The smallest absolute Gasteiger partial charge is 0.226 e. The maximum atomic E-state index is 13.1. The van der Waals surface area contributed by atoms with Crippen molar-refractivity contribution >= 4 is 29.1 Å². The molecule has 4 unspecified atom stereocenters. The first kappa shape index (κ1) is 25.7. The van der Waals surface area contributed by atoms with Crippen molar-refractivity contribution in [3.63, 3.8) is 0 Å². The van der Waals surface area contributed by atoms with Crippen LogP contribution in [0.2, 0.25) is 10.0 Å². The number of hydrogen-bond donors (Lipinski definition) is 2. The SMILES string of the molecule is CCC(C(C)O)N1C(=O)C(CCCO)CCC1c1ccc(Cl)cc1.Clc1ccccc1. The first-order valence-electron chi connectivity index (χ1n) is 11.0. The van der Waals surface area contributed by atoms with E-state index in [9.17, 15) is 9.90 Å². The highest BCUT2D eigenvalue weighted by molar-refractivity contribution is 6.30. The number of halogens is 2. The van der Waals surface area contributed by atoms with Gasteiger partial charge in [0.15, 0.2) is 0 Å². The number of likely N-dealkylation sites (tertiary alicyclic amines) is 1. The second-order valence-electron chi connectivity index (χ2n) is 7.96. The summed E-state index contributed by atoms with van der Waals surface area (Å²) < 4.78 is 0. The molecular formula is C25H33Cl2NO3. The number of nitrogens with zero attached hydrogens (tertiary/aromatic N) is 1. The van der Waals surface area contributed by atoms with Crippen LogP contribution in [0.5, 0.6) is 0 Å². The number of aliphatic hydroxyl groups excluding tert-OH is 2.